The van der Waals surface area contributed by atoms with Crippen molar-refractivity contribution in [1.29, 1.82) is 0 Å². The van der Waals surface area contributed by atoms with E-state index >= 15 is 0 Å². The maximum absolute atomic E-state index is 13.7. The number of nitrogens with one attached hydrogen (secondary N) is 1. The second kappa shape index (κ2) is 10.2. The van der Waals surface area contributed by atoms with Crippen LogP contribution in [0.2, 0.25) is 5.02 Å². The summed E-state index contributed by atoms with van der Waals surface area (Å²) in [5.74, 6) is -0.101. The summed E-state index contributed by atoms with van der Waals surface area (Å²) >= 11 is 6.06. The number of carbonyl (C=O) groups excluding carboxylic acids is 3. The van der Waals surface area contributed by atoms with E-state index in [1.165, 1.54) is 0 Å². The molecule has 3 aromatic rings. The maximum atomic E-state index is 13.7. The Bertz CT molecular complexity index is 1240. The molecule has 3 heterocycles. The quantitative estimate of drug-likeness (QED) is 0.568. The summed E-state index contributed by atoms with van der Waals surface area (Å²) < 4.78 is 11.5. The molecule has 2 fully saturated rings. The van der Waals surface area contributed by atoms with E-state index in [-0.39, 0.29) is 30.9 Å². The fourth-order valence-corrected chi connectivity index (χ4v) is 5.05. The van der Waals surface area contributed by atoms with Crippen LogP contribution in [0.3, 0.4) is 0 Å². The molecule has 2 aromatic carbocycles. The highest BCUT2D eigenvalue weighted by atomic mass is 35.5. The third-order valence-corrected chi connectivity index (χ3v) is 6.96. The maximum Gasteiger partial charge on any atom is 0.256 e. The number of hydrogen-bond donors (Lipinski definition) is 1. The zero-order valence-corrected chi connectivity index (χ0v) is 20.3. The summed E-state index contributed by atoms with van der Waals surface area (Å²) in [6.07, 6.45) is 2.32. The molecule has 1 N–H and O–H groups in total. The second-order valence-corrected chi connectivity index (χ2v) is 9.35. The van der Waals surface area contributed by atoms with Gasteiger partial charge in [-0.2, -0.15) is 0 Å². The van der Waals surface area contributed by atoms with Crippen molar-refractivity contribution < 1.29 is 23.5 Å². The molecule has 0 aliphatic carbocycles. The van der Waals surface area contributed by atoms with Gasteiger partial charge in [0, 0.05) is 42.1 Å². The Morgan fingerprint density at radius 3 is 2.39 bits per heavy atom. The summed E-state index contributed by atoms with van der Waals surface area (Å²) in [6, 6.07) is 18.4. The number of rotatable bonds is 5. The lowest BCUT2D eigenvalue weighted by Gasteiger charge is -2.44. The first kappa shape index (κ1) is 24.1. The highest BCUT2D eigenvalue weighted by Gasteiger charge is 2.54. The Morgan fingerprint density at radius 1 is 0.944 bits per heavy atom. The van der Waals surface area contributed by atoms with Gasteiger partial charge in [-0.15, -0.1) is 0 Å². The molecule has 9 heteroatoms. The minimum Gasteiger partial charge on any atom is -0.467 e. The van der Waals surface area contributed by atoms with Crippen molar-refractivity contribution in [3.63, 3.8) is 0 Å². The van der Waals surface area contributed by atoms with Gasteiger partial charge in [0.15, 0.2) is 0 Å². The summed E-state index contributed by atoms with van der Waals surface area (Å²) in [7, 11) is 0. The van der Waals surface area contributed by atoms with Crippen molar-refractivity contribution in [3.05, 3.63) is 94.9 Å². The molecule has 3 amide bonds. The number of carbonyl (C=O) groups is 3. The van der Waals surface area contributed by atoms with Crippen LogP contribution in [0, 0.1) is 0 Å². The van der Waals surface area contributed by atoms with Gasteiger partial charge in [-0.1, -0.05) is 35.9 Å². The van der Waals surface area contributed by atoms with E-state index in [0.29, 0.717) is 47.8 Å². The van der Waals surface area contributed by atoms with E-state index in [9.17, 15) is 14.4 Å². The number of ether oxygens (including phenoxy) is 1. The number of furan rings is 1. The van der Waals surface area contributed by atoms with Crippen molar-refractivity contribution in [1.82, 2.24) is 15.1 Å². The molecule has 0 bridgehead atoms. The van der Waals surface area contributed by atoms with E-state index in [2.05, 4.69) is 5.32 Å². The van der Waals surface area contributed by atoms with E-state index in [0.717, 1.165) is 0 Å². The summed E-state index contributed by atoms with van der Waals surface area (Å²) in [4.78, 5) is 43.2. The zero-order chi connectivity index (χ0) is 25.1. The van der Waals surface area contributed by atoms with Gasteiger partial charge >= 0.3 is 0 Å². The molecule has 36 heavy (non-hydrogen) atoms. The van der Waals surface area contributed by atoms with Crippen LogP contribution >= 0.6 is 11.6 Å². The highest BCUT2D eigenvalue weighted by molar-refractivity contribution is 6.30. The molecule has 1 unspecified atom stereocenters. The predicted molar refractivity (Wildman–Crippen MR) is 132 cm³/mol. The molecular formula is C27H26ClN3O5. The molecular weight excluding hydrogens is 482 g/mol. The molecule has 186 valence electrons. The Kier molecular flexibility index (Phi) is 6.80. The van der Waals surface area contributed by atoms with Crippen molar-refractivity contribution in [3.8, 4) is 0 Å². The average molecular weight is 508 g/mol. The number of likely N-dealkylation sites (tertiary alicyclic amines) is 1. The van der Waals surface area contributed by atoms with Crippen LogP contribution in [0.4, 0.5) is 0 Å². The minimum atomic E-state index is -0.981. The molecule has 0 radical (unpaired) electrons. The van der Waals surface area contributed by atoms with Gasteiger partial charge in [0.25, 0.3) is 11.8 Å². The SMILES string of the molecule is O=C(NCc1ccco1)C1COC2(CCN(C(=O)c3cccc(Cl)c3)CC2)N1C(=O)c1ccccc1. The molecule has 1 atom stereocenters. The zero-order valence-electron chi connectivity index (χ0n) is 19.6. The predicted octanol–water partition coefficient (Wildman–Crippen LogP) is 3.72. The molecule has 8 nitrogen and oxygen atoms in total. The van der Waals surface area contributed by atoms with Crippen LogP contribution < -0.4 is 5.32 Å². The van der Waals surface area contributed by atoms with E-state index in [4.69, 9.17) is 20.8 Å². The fourth-order valence-electron chi connectivity index (χ4n) is 4.86. The molecule has 1 spiro atoms. The normalized spacial score (nSPS) is 18.9. The monoisotopic (exact) mass is 507 g/mol. The Morgan fingerprint density at radius 2 is 1.69 bits per heavy atom. The van der Waals surface area contributed by atoms with Crippen molar-refractivity contribution >= 4 is 29.3 Å². The molecule has 1 aromatic heterocycles. The topological polar surface area (TPSA) is 92.1 Å². The number of amides is 3. The van der Waals surface area contributed by atoms with Gasteiger partial charge < -0.3 is 19.4 Å². The largest absolute Gasteiger partial charge is 0.467 e. The first-order valence-corrected chi connectivity index (χ1v) is 12.2. The first-order valence-electron chi connectivity index (χ1n) is 11.8. The van der Waals surface area contributed by atoms with Crippen LogP contribution in [0.25, 0.3) is 0 Å². The van der Waals surface area contributed by atoms with Crippen LogP contribution in [0.15, 0.2) is 77.4 Å². The smallest absolute Gasteiger partial charge is 0.256 e. The van der Waals surface area contributed by atoms with Crippen LogP contribution in [0.1, 0.15) is 39.3 Å². The number of halogens is 1. The van der Waals surface area contributed by atoms with E-state index in [1.54, 1.807) is 76.7 Å². The molecule has 5 rings (SSSR count). The number of benzene rings is 2. The van der Waals surface area contributed by atoms with Crippen LogP contribution in [-0.4, -0.2) is 59.0 Å². The highest BCUT2D eigenvalue weighted by Crippen LogP contribution is 2.39. The van der Waals surface area contributed by atoms with Crippen LogP contribution in [0.5, 0.6) is 0 Å². The number of piperidine rings is 1. The Hall–Kier alpha value is -3.62. The van der Waals surface area contributed by atoms with Gasteiger partial charge in [0.05, 0.1) is 19.4 Å². The van der Waals surface area contributed by atoms with Crippen molar-refractivity contribution in [2.75, 3.05) is 19.7 Å². The van der Waals surface area contributed by atoms with Crippen molar-refractivity contribution in [2.24, 2.45) is 0 Å². The molecule has 2 saturated heterocycles. The lowest BCUT2D eigenvalue weighted by Crippen LogP contribution is -2.59. The molecule has 2 aliphatic rings. The minimum absolute atomic E-state index is 0.0742. The Labute approximate surface area is 213 Å². The van der Waals surface area contributed by atoms with E-state index < -0.39 is 11.8 Å². The van der Waals surface area contributed by atoms with Gasteiger partial charge in [-0.25, -0.2) is 0 Å². The number of nitrogens with zero attached hydrogens (tertiary/aromatic N) is 2. The van der Waals surface area contributed by atoms with Gasteiger partial charge in [-0.3, -0.25) is 19.3 Å². The standard InChI is InChI=1S/C27H26ClN3O5/c28-21-9-4-8-20(16-21)25(33)30-13-11-27(12-14-30)31(26(34)19-6-2-1-3-7-19)23(18-36-27)24(32)29-17-22-10-5-15-35-22/h1-10,15-16,23H,11-14,17-18H2,(H,29,32). The first-order chi connectivity index (χ1) is 17.5. The van der Waals surface area contributed by atoms with Crippen molar-refractivity contribution in [2.45, 2.75) is 31.2 Å². The summed E-state index contributed by atoms with van der Waals surface area (Å²) in [6.45, 7) is 1.05. The Balaban J connectivity index is 1.35. The number of hydrogen-bond acceptors (Lipinski definition) is 5. The second-order valence-electron chi connectivity index (χ2n) is 8.91. The summed E-state index contributed by atoms with van der Waals surface area (Å²) in [5, 5.41) is 3.35. The molecule has 2 aliphatic heterocycles. The average Bonchev–Trinajstić information content (AvgIpc) is 3.56. The van der Waals surface area contributed by atoms with Crippen LogP contribution in [-0.2, 0) is 16.1 Å². The van der Waals surface area contributed by atoms with Gasteiger partial charge in [-0.05, 0) is 42.5 Å². The third kappa shape index (κ3) is 4.74. The summed E-state index contributed by atoms with van der Waals surface area (Å²) in [5.41, 5.74) is 0.00638. The lowest BCUT2D eigenvalue weighted by molar-refractivity contribution is -0.128. The molecule has 0 saturated carbocycles. The lowest BCUT2D eigenvalue weighted by atomic mass is 9.96. The van der Waals surface area contributed by atoms with E-state index in [1.807, 2.05) is 6.07 Å². The van der Waals surface area contributed by atoms with Gasteiger partial charge in [0.1, 0.15) is 17.5 Å². The van der Waals surface area contributed by atoms with Gasteiger partial charge in [0.2, 0.25) is 5.91 Å². The fraction of sp³-hybridized carbons (Fsp3) is 0.296. The third-order valence-electron chi connectivity index (χ3n) is 6.72.